The van der Waals surface area contributed by atoms with Crippen LogP contribution < -0.4 is 4.74 Å². The van der Waals surface area contributed by atoms with E-state index in [9.17, 15) is 9.18 Å². The fraction of sp³-hybridized carbons (Fsp3) is 0.348. The molecule has 29 heavy (non-hydrogen) atoms. The fourth-order valence-corrected chi connectivity index (χ4v) is 3.93. The standard InChI is InChI=1S/C23H26FN3O2/c1-29-22-7-6-18(16-20(22)24)17-25-12-14-27(15-13-25)23(28)9-11-26-10-8-19-4-2-3-5-21(19)26/h2-8,10,16H,9,11-15,17H2,1H3. The number of amides is 1. The molecular formula is C23H26FN3O2. The second-order valence-corrected chi connectivity index (χ2v) is 7.44. The highest BCUT2D eigenvalue weighted by molar-refractivity contribution is 5.80. The van der Waals surface area contributed by atoms with Gasteiger partial charge in [0.1, 0.15) is 0 Å². The average molecular weight is 395 g/mol. The summed E-state index contributed by atoms with van der Waals surface area (Å²) in [6, 6.07) is 15.4. The highest BCUT2D eigenvalue weighted by Gasteiger charge is 2.21. The summed E-state index contributed by atoms with van der Waals surface area (Å²) in [4.78, 5) is 16.8. The molecule has 2 heterocycles. The van der Waals surface area contributed by atoms with Crippen molar-refractivity contribution in [2.75, 3.05) is 33.3 Å². The van der Waals surface area contributed by atoms with Gasteiger partial charge in [-0.05, 0) is 35.2 Å². The number of aryl methyl sites for hydroxylation is 1. The topological polar surface area (TPSA) is 37.7 Å². The number of hydrogen-bond donors (Lipinski definition) is 0. The highest BCUT2D eigenvalue weighted by Crippen LogP contribution is 2.19. The molecule has 0 spiro atoms. The number of carbonyl (C=O) groups excluding carboxylic acids is 1. The molecule has 3 aromatic rings. The van der Waals surface area contributed by atoms with Gasteiger partial charge in [0.15, 0.2) is 11.6 Å². The van der Waals surface area contributed by atoms with E-state index in [1.807, 2.05) is 29.3 Å². The SMILES string of the molecule is COc1ccc(CN2CCN(C(=O)CCn3ccc4ccccc43)CC2)cc1F. The van der Waals surface area contributed by atoms with Crippen molar-refractivity contribution < 1.29 is 13.9 Å². The van der Waals surface area contributed by atoms with E-state index < -0.39 is 0 Å². The summed E-state index contributed by atoms with van der Waals surface area (Å²) in [5.74, 6) is 0.119. The lowest BCUT2D eigenvalue weighted by Crippen LogP contribution is -2.48. The zero-order valence-electron chi connectivity index (χ0n) is 16.7. The number of fused-ring (bicyclic) bond motifs is 1. The summed E-state index contributed by atoms with van der Waals surface area (Å²) < 4.78 is 21.0. The van der Waals surface area contributed by atoms with Gasteiger partial charge in [-0.15, -0.1) is 0 Å². The van der Waals surface area contributed by atoms with Crippen LogP contribution in [-0.2, 0) is 17.9 Å². The Labute approximate surface area is 170 Å². The molecule has 0 radical (unpaired) electrons. The first-order valence-corrected chi connectivity index (χ1v) is 10.0. The number of piperazine rings is 1. The largest absolute Gasteiger partial charge is 0.494 e. The van der Waals surface area contributed by atoms with E-state index in [0.29, 0.717) is 32.6 Å². The Kier molecular flexibility index (Phi) is 5.81. The van der Waals surface area contributed by atoms with Crippen molar-refractivity contribution in [1.82, 2.24) is 14.4 Å². The van der Waals surface area contributed by atoms with E-state index in [-0.39, 0.29) is 17.5 Å². The third kappa shape index (κ3) is 4.43. The van der Waals surface area contributed by atoms with E-state index in [1.54, 1.807) is 6.07 Å². The molecule has 4 rings (SSSR count). The number of para-hydroxylation sites is 1. The van der Waals surface area contributed by atoms with E-state index in [2.05, 4.69) is 27.7 Å². The molecule has 1 saturated heterocycles. The molecule has 0 unspecified atom stereocenters. The smallest absolute Gasteiger partial charge is 0.224 e. The molecular weight excluding hydrogens is 369 g/mol. The predicted molar refractivity (Wildman–Crippen MR) is 111 cm³/mol. The van der Waals surface area contributed by atoms with Gasteiger partial charge in [0.05, 0.1) is 7.11 Å². The average Bonchev–Trinajstić information content (AvgIpc) is 3.16. The summed E-state index contributed by atoms with van der Waals surface area (Å²) in [6.07, 6.45) is 2.55. The van der Waals surface area contributed by atoms with Crippen molar-refractivity contribution in [3.8, 4) is 5.75 Å². The third-order valence-corrected chi connectivity index (χ3v) is 5.59. The Hall–Kier alpha value is -2.86. The lowest BCUT2D eigenvalue weighted by molar-refractivity contribution is -0.133. The first-order valence-electron chi connectivity index (χ1n) is 10.0. The van der Waals surface area contributed by atoms with Crippen molar-refractivity contribution in [1.29, 1.82) is 0 Å². The molecule has 1 aliphatic heterocycles. The molecule has 1 amide bonds. The zero-order valence-corrected chi connectivity index (χ0v) is 16.7. The van der Waals surface area contributed by atoms with Gasteiger partial charge < -0.3 is 14.2 Å². The minimum absolute atomic E-state index is 0.193. The summed E-state index contributed by atoms with van der Waals surface area (Å²) in [7, 11) is 1.47. The van der Waals surface area contributed by atoms with Crippen molar-refractivity contribution >= 4 is 16.8 Å². The van der Waals surface area contributed by atoms with Gasteiger partial charge in [0.25, 0.3) is 0 Å². The van der Waals surface area contributed by atoms with E-state index in [4.69, 9.17) is 4.74 Å². The van der Waals surface area contributed by atoms with Crippen LogP contribution in [0.2, 0.25) is 0 Å². The van der Waals surface area contributed by atoms with Crippen molar-refractivity contribution in [2.24, 2.45) is 0 Å². The molecule has 2 aromatic carbocycles. The lowest BCUT2D eigenvalue weighted by Gasteiger charge is -2.35. The monoisotopic (exact) mass is 395 g/mol. The number of nitrogens with zero attached hydrogens (tertiary/aromatic N) is 3. The summed E-state index contributed by atoms with van der Waals surface area (Å²) in [5.41, 5.74) is 2.08. The van der Waals surface area contributed by atoms with E-state index in [0.717, 1.165) is 24.2 Å². The molecule has 152 valence electrons. The van der Waals surface area contributed by atoms with Crippen LogP contribution in [0.15, 0.2) is 54.7 Å². The summed E-state index contributed by atoms with van der Waals surface area (Å²) in [5, 5.41) is 1.20. The Morgan fingerprint density at radius 2 is 1.86 bits per heavy atom. The molecule has 1 aliphatic rings. The Bertz CT molecular complexity index is 993. The van der Waals surface area contributed by atoms with Crippen molar-refractivity contribution in [2.45, 2.75) is 19.5 Å². The quantitative estimate of drug-likeness (QED) is 0.641. The normalized spacial score (nSPS) is 15.0. The molecule has 1 aromatic heterocycles. The lowest BCUT2D eigenvalue weighted by atomic mass is 10.1. The van der Waals surface area contributed by atoms with Gasteiger partial charge in [-0.25, -0.2) is 4.39 Å². The van der Waals surface area contributed by atoms with Crippen LogP contribution in [-0.4, -0.2) is 53.6 Å². The van der Waals surface area contributed by atoms with Gasteiger partial charge in [0.2, 0.25) is 5.91 Å². The van der Waals surface area contributed by atoms with E-state index in [1.165, 1.54) is 18.6 Å². The molecule has 0 aliphatic carbocycles. The number of methoxy groups -OCH3 is 1. The zero-order chi connectivity index (χ0) is 20.2. The van der Waals surface area contributed by atoms with Crippen LogP contribution in [0.1, 0.15) is 12.0 Å². The van der Waals surface area contributed by atoms with Gasteiger partial charge in [-0.1, -0.05) is 24.3 Å². The van der Waals surface area contributed by atoms with Crippen molar-refractivity contribution in [3.05, 3.63) is 66.1 Å². The molecule has 1 fully saturated rings. The van der Waals surface area contributed by atoms with Crippen LogP contribution >= 0.6 is 0 Å². The fourth-order valence-electron chi connectivity index (χ4n) is 3.93. The molecule has 0 atom stereocenters. The number of ether oxygens (including phenoxy) is 1. The predicted octanol–water partition coefficient (Wildman–Crippen LogP) is 3.52. The summed E-state index contributed by atoms with van der Waals surface area (Å²) in [6.45, 7) is 4.39. The minimum Gasteiger partial charge on any atom is -0.494 e. The second kappa shape index (κ2) is 8.66. The van der Waals surface area contributed by atoms with Crippen LogP contribution in [0.25, 0.3) is 10.9 Å². The maximum atomic E-state index is 13.9. The Balaban J connectivity index is 1.27. The molecule has 0 saturated carbocycles. The maximum absolute atomic E-state index is 13.9. The number of carbonyl (C=O) groups is 1. The molecule has 6 heteroatoms. The van der Waals surface area contributed by atoms with E-state index >= 15 is 0 Å². The number of halogens is 1. The van der Waals surface area contributed by atoms with Gasteiger partial charge in [-0.2, -0.15) is 0 Å². The highest BCUT2D eigenvalue weighted by atomic mass is 19.1. The number of hydrogen-bond acceptors (Lipinski definition) is 3. The first kappa shape index (κ1) is 19.5. The summed E-state index contributed by atoms with van der Waals surface area (Å²) >= 11 is 0. The number of aromatic nitrogens is 1. The number of rotatable bonds is 6. The van der Waals surface area contributed by atoms with Gasteiger partial charge in [0, 0.05) is 57.4 Å². The van der Waals surface area contributed by atoms with Crippen LogP contribution in [0.5, 0.6) is 5.75 Å². The molecule has 0 N–H and O–H groups in total. The Morgan fingerprint density at radius 3 is 2.62 bits per heavy atom. The number of benzene rings is 2. The van der Waals surface area contributed by atoms with Crippen LogP contribution in [0, 0.1) is 5.82 Å². The first-order chi connectivity index (χ1) is 14.1. The Morgan fingerprint density at radius 1 is 1.07 bits per heavy atom. The second-order valence-electron chi connectivity index (χ2n) is 7.44. The minimum atomic E-state index is -0.337. The molecule has 5 nitrogen and oxygen atoms in total. The third-order valence-electron chi connectivity index (χ3n) is 5.59. The van der Waals surface area contributed by atoms with Gasteiger partial charge in [-0.3, -0.25) is 9.69 Å². The van der Waals surface area contributed by atoms with Gasteiger partial charge >= 0.3 is 0 Å². The molecule has 0 bridgehead atoms. The maximum Gasteiger partial charge on any atom is 0.224 e. The van der Waals surface area contributed by atoms with Crippen molar-refractivity contribution in [3.63, 3.8) is 0 Å². The van der Waals surface area contributed by atoms with Crippen LogP contribution in [0.3, 0.4) is 0 Å². The van der Waals surface area contributed by atoms with Crippen LogP contribution in [0.4, 0.5) is 4.39 Å².